The Morgan fingerprint density at radius 3 is 2.47 bits per heavy atom. The number of aliphatic hydroxyl groups is 1. The average Bonchev–Trinajstić information content (AvgIpc) is 2.77. The number of hydrogen-bond acceptors (Lipinski definition) is 7. The highest BCUT2D eigenvalue weighted by Crippen LogP contribution is 2.29. The third-order valence-corrected chi connectivity index (χ3v) is 6.09. The van der Waals surface area contributed by atoms with Crippen molar-refractivity contribution >= 4 is 11.9 Å². The molecular weight excluding hydrogens is 378 g/mol. The van der Waals surface area contributed by atoms with E-state index < -0.39 is 5.60 Å². The van der Waals surface area contributed by atoms with E-state index in [4.69, 9.17) is 4.74 Å². The van der Waals surface area contributed by atoms with Crippen LogP contribution in [0.2, 0.25) is 0 Å². The van der Waals surface area contributed by atoms with Crippen molar-refractivity contribution in [3.63, 3.8) is 0 Å². The van der Waals surface area contributed by atoms with Gasteiger partial charge in [0.15, 0.2) is 0 Å². The second-order valence-electron chi connectivity index (χ2n) is 8.00. The van der Waals surface area contributed by atoms with Gasteiger partial charge in [0.2, 0.25) is 0 Å². The van der Waals surface area contributed by atoms with Crippen LogP contribution in [0, 0.1) is 6.92 Å². The standard InChI is InChI=1S/C23H29N5O2/c1-4-19(13-21-17(2)24-7-8-25-21)18(3)27-9-11-28(12-10-27)22-6-5-20(14-26-22)23(29)15-30-16-23/h4-8,13-14,18,29H,1,9-12,15-16H2,2-3H3/b19-13+. The molecule has 2 aliphatic rings. The number of piperazine rings is 1. The second-order valence-corrected chi connectivity index (χ2v) is 8.00. The van der Waals surface area contributed by atoms with E-state index in [1.54, 1.807) is 18.6 Å². The number of pyridine rings is 1. The van der Waals surface area contributed by atoms with Crippen LogP contribution >= 0.6 is 0 Å². The number of rotatable bonds is 6. The van der Waals surface area contributed by atoms with E-state index in [-0.39, 0.29) is 6.04 Å². The van der Waals surface area contributed by atoms with Crippen LogP contribution in [0.4, 0.5) is 5.82 Å². The van der Waals surface area contributed by atoms with E-state index in [9.17, 15) is 5.11 Å². The van der Waals surface area contributed by atoms with Gasteiger partial charge in [0, 0.05) is 56.4 Å². The van der Waals surface area contributed by atoms with E-state index in [0.717, 1.165) is 54.5 Å². The molecule has 0 amide bonds. The van der Waals surface area contributed by atoms with Crippen molar-refractivity contribution in [3.8, 4) is 0 Å². The predicted octanol–water partition coefficient (Wildman–Crippen LogP) is 2.18. The molecule has 2 saturated heterocycles. The summed E-state index contributed by atoms with van der Waals surface area (Å²) in [6, 6.07) is 4.20. The first-order valence-electron chi connectivity index (χ1n) is 10.4. The Labute approximate surface area is 177 Å². The van der Waals surface area contributed by atoms with Crippen LogP contribution in [0.15, 0.2) is 49.0 Å². The maximum Gasteiger partial charge on any atom is 0.137 e. The Hall–Kier alpha value is -2.61. The van der Waals surface area contributed by atoms with Crippen molar-refractivity contribution < 1.29 is 9.84 Å². The maximum atomic E-state index is 10.4. The Kier molecular flexibility index (Phi) is 5.94. The van der Waals surface area contributed by atoms with Gasteiger partial charge < -0.3 is 14.7 Å². The van der Waals surface area contributed by atoms with Crippen molar-refractivity contribution in [2.24, 2.45) is 0 Å². The van der Waals surface area contributed by atoms with E-state index in [0.29, 0.717) is 13.2 Å². The van der Waals surface area contributed by atoms with Gasteiger partial charge in [-0.15, -0.1) is 0 Å². The molecule has 1 atom stereocenters. The molecule has 0 aliphatic carbocycles. The van der Waals surface area contributed by atoms with Gasteiger partial charge in [-0.25, -0.2) is 4.98 Å². The molecule has 1 N–H and O–H groups in total. The van der Waals surface area contributed by atoms with Crippen LogP contribution in [0.5, 0.6) is 0 Å². The Balaban J connectivity index is 1.39. The molecule has 7 heteroatoms. The third kappa shape index (κ3) is 4.14. The van der Waals surface area contributed by atoms with E-state index in [1.807, 2.05) is 25.1 Å². The summed E-state index contributed by atoms with van der Waals surface area (Å²) in [7, 11) is 0. The van der Waals surface area contributed by atoms with Gasteiger partial charge in [0.25, 0.3) is 0 Å². The first-order chi connectivity index (χ1) is 14.5. The molecule has 2 fully saturated rings. The summed E-state index contributed by atoms with van der Waals surface area (Å²) in [6.45, 7) is 12.6. The van der Waals surface area contributed by atoms with Crippen molar-refractivity contribution in [3.05, 3.63) is 65.9 Å². The lowest BCUT2D eigenvalue weighted by Gasteiger charge is -2.39. The Morgan fingerprint density at radius 2 is 1.90 bits per heavy atom. The molecule has 0 aromatic carbocycles. The highest BCUT2D eigenvalue weighted by Gasteiger charge is 2.38. The van der Waals surface area contributed by atoms with Gasteiger partial charge in [0.1, 0.15) is 11.4 Å². The molecule has 30 heavy (non-hydrogen) atoms. The minimum absolute atomic E-state index is 0.245. The summed E-state index contributed by atoms with van der Waals surface area (Å²) in [6.07, 6.45) is 9.21. The molecule has 158 valence electrons. The molecule has 2 aromatic heterocycles. The number of hydrogen-bond donors (Lipinski definition) is 1. The SMILES string of the molecule is C=C/C(=C\c1nccnc1C)C(C)N1CCN(c2ccc(C3(O)COC3)cn2)CC1. The summed E-state index contributed by atoms with van der Waals surface area (Å²) >= 11 is 0. The Bertz CT molecular complexity index is 915. The van der Waals surface area contributed by atoms with Crippen molar-refractivity contribution in [2.75, 3.05) is 44.3 Å². The van der Waals surface area contributed by atoms with Crippen LogP contribution in [0.3, 0.4) is 0 Å². The van der Waals surface area contributed by atoms with E-state index >= 15 is 0 Å². The quantitative estimate of drug-likeness (QED) is 0.736. The molecule has 7 nitrogen and oxygen atoms in total. The third-order valence-electron chi connectivity index (χ3n) is 6.09. The normalized spacial score (nSPS) is 20.5. The van der Waals surface area contributed by atoms with Gasteiger partial charge in [-0.3, -0.25) is 14.9 Å². The smallest absolute Gasteiger partial charge is 0.137 e. The fraction of sp³-hybridized carbons (Fsp3) is 0.435. The molecule has 2 aromatic rings. The lowest BCUT2D eigenvalue weighted by Crippen LogP contribution is -2.50. The van der Waals surface area contributed by atoms with Crippen LogP contribution in [0.1, 0.15) is 23.9 Å². The first kappa shape index (κ1) is 20.7. The van der Waals surface area contributed by atoms with Crippen molar-refractivity contribution in [2.45, 2.75) is 25.5 Å². The maximum absolute atomic E-state index is 10.4. The van der Waals surface area contributed by atoms with Gasteiger partial charge in [-0.2, -0.15) is 0 Å². The fourth-order valence-corrected chi connectivity index (χ4v) is 3.93. The Morgan fingerprint density at radius 1 is 1.17 bits per heavy atom. The van der Waals surface area contributed by atoms with Crippen LogP contribution in [0.25, 0.3) is 6.08 Å². The van der Waals surface area contributed by atoms with Gasteiger partial charge in [0.05, 0.1) is 24.6 Å². The minimum Gasteiger partial charge on any atom is -0.380 e. The molecule has 0 radical (unpaired) electrons. The zero-order valence-corrected chi connectivity index (χ0v) is 17.7. The van der Waals surface area contributed by atoms with Crippen LogP contribution in [-0.4, -0.2) is 70.4 Å². The molecular formula is C23H29N5O2. The summed E-state index contributed by atoms with van der Waals surface area (Å²) in [5.41, 5.74) is 2.91. The summed E-state index contributed by atoms with van der Waals surface area (Å²) in [4.78, 5) is 18.1. The summed E-state index contributed by atoms with van der Waals surface area (Å²) < 4.78 is 5.13. The number of anilines is 1. The van der Waals surface area contributed by atoms with E-state index in [1.165, 1.54) is 0 Å². The topological polar surface area (TPSA) is 74.6 Å². The number of aromatic nitrogens is 3. The fourth-order valence-electron chi connectivity index (χ4n) is 3.93. The van der Waals surface area contributed by atoms with Gasteiger partial charge in [-0.05, 0) is 31.6 Å². The van der Waals surface area contributed by atoms with E-state index in [2.05, 4.69) is 44.3 Å². The summed E-state index contributed by atoms with van der Waals surface area (Å²) in [5, 5.41) is 10.4. The zero-order chi connectivity index (χ0) is 21.1. The number of nitrogens with zero attached hydrogens (tertiary/aromatic N) is 5. The molecule has 0 spiro atoms. The highest BCUT2D eigenvalue weighted by atomic mass is 16.5. The summed E-state index contributed by atoms with van der Waals surface area (Å²) in [5.74, 6) is 0.949. The molecule has 0 saturated carbocycles. The molecule has 1 unspecified atom stereocenters. The minimum atomic E-state index is -0.867. The van der Waals surface area contributed by atoms with Crippen molar-refractivity contribution in [1.82, 2.24) is 19.9 Å². The lowest BCUT2D eigenvalue weighted by atomic mass is 9.94. The molecule has 2 aliphatic heterocycles. The molecule has 0 bridgehead atoms. The monoisotopic (exact) mass is 407 g/mol. The average molecular weight is 408 g/mol. The number of aryl methyl sites for hydroxylation is 1. The van der Waals surface area contributed by atoms with Gasteiger partial charge in [-0.1, -0.05) is 18.7 Å². The largest absolute Gasteiger partial charge is 0.380 e. The second kappa shape index (κ2) is 8.63. The molecule has 4 heterocycles. The lowest BCUT2D eigenvalue weighted by molar-refractivity contribution is -0.184. The van der Waals surface area contributed by atoms with Crippen LogP contribution in [-0.2, 0) is 10.3 Å². The number of ether oxygens (including phenoxy) is 1. The highest BCUT2D eigenvalue weighted by molar-refractivity contribution is 5.55. The first-order valence-corrected chi connectivity index (χ1v) is 10.4. The predicted molar refractivity (Wildman–Crippen MR) is 117 cm³/mol. The zero-order valence-electron chi connectivity index (χ0n) is 17.7. The van der Waals surface area contributed by atoms with Crippen molar-refractivity contribution in [1.29, 1.82) is 0 Å². The van der Waals surface area contributed by atoms with Crippen LogP contribution < -0.4 is 4.90 Å². The van der Waals surface area contributed by atoms with Gasteiger partial charge >= 0.3 is 0 Å². The molecule has 4 rings (SSSR count).